The second-order valence-corrected chi connectivity index (χ2v) is 3.52. The Hall–Kier alpha value is -0.610. The highest BCUT2D eigenvalue weighted by Crippen LogP contribution is 2.15. The van der Waals surface area contributed by atoms with E-state index < -0.39 is 0 Å². The van der Waals surface area contributed by atoms with Gasteiger partial charge < -0.3 is 0 Å². The standard InChI is InChI=1S/C6H11N3S/c1-5-4-7-6(10-5)8-9(2)3/h4H,1-3H3,(H,7,8). The molecule has 0 aliphatic carbocycles. The molecule has 0 saturated carbocycles. The molecule has 0 radical (unpaired) electrons. The molecule has 4 heteroatoms. The third-order valence-electron chi connectivity index (χ3n) is 0.941. The first-order valence-electron chi connectivity index (χ1n) is 3.05. The molecule has 0 saturated heterocycles. The number of hydrogen-bond donors (Lipinski definition) is 1. The lowest BCUT2D eigenvalue weighted by Crippen LogP contribution is -2.19. The van der Waals surface area contributed by atoms with E-state index in [1.807, 2.05) is 32.2 Å². The molecule has 0 amide bonds. The summed E-state index contributed by atoms with van der Waals surface area (Å²) in [7, 11) is 3.88. The maximum absolute atomic E-state index is 4.12. The second kappa shape index (κ2) is 2.98. The van der Waals surface area contributed by atoms with E-state index in [2.05, 4.69) is 10.4 Å². The van der Waals surface area contributed by atoms with E-state index in [4.69, 9.17) is 0 Å². The monoisotopic (exact) mass is 157 g/mol. The molecule has 56 valence electrons. The predicted octanol–water partition coefficient (Wildman–Crippen LogP) is 1.34. The van der Waals surface area contributed by atoms with Crippen LogP contribution in [0.15, 0.2) is 6.20 Å². The van der Waals surface area contributed by atoms with Gasteiger partial charge in [-0.1, -0.05) is 0 Å². The molecular formula is C6H11N3S. The summed E-state index contributed by atoms with van der Waals surface area (Å²) >= 11 is 1.65. The number of anilines is 1. The summed E-state index contributed by atoms with van der Waals surface area (Å²) in [5.41, 5.74) is 3.07. The zero-order valence-corrected chi connectivity index (χ0v) is 7.20. The summed E-state index contributed by atoms with van der Waals surface area (Å²) in [6.07, 6.45) is 1.86. The molecule has 0 aromatic carbocycles. The first-order valence-corrected chi connectivity index (χ1v) is 3.86. The van der Waals surface area contributed by atoms with Crippen LogP contribution in [0.25, 0.3) is 0 Å². The van der Waals surface area contributed by atoms with E-state index >= 15 is 0 Å². The molecule has 0 aliphatic rings. The number of aromatic nitrogens is 1. The summed E-state index contributed by atoms with van der Waals surface area (Å²) in [4.78, 5) is 5.35. The van der Waals surface area contributed by atoms with Crippen molar-refractivity contribution < 1.29 is 0 Å². The number of aryl methyl sites for hydroxylation is 1. The van der Waals surface area contributed by atoms with Gasteiger partial charge in [0.25, 0.3) is 0 Å². The number of hydrazine groups is 1. The summed E-state index contributed by atoms with van der Waals surface area (Å²) in [6.45, 7) is 2.04. The molecule has 0 unspecified atom stereocenters. The highest BCUT2D eigenvalue weighted by molar-refractivity contribution is 7.15. The third-order valence-corrected chi connectivity index (χ3v) is 1.76. The van der Waals surface area contributed by atoms with Crippen LogP contribution in [0.2, 0.25) is 0 Å². The molecule has 0 fully saturated rings. The van der Waals surface area contributed by atoms with Crippen LogP contribution in [0.1, 0.15) is 4.88 Å². The van der Waals surface area contributed by atoms with Gasteiger partial charge in [0.2, 0.25) is 0 Å². The van der Waals surface area contributed by atoms with Gasteiger partial charge in [-0.3, -0.25) is 5.43 Å². The van der Waals surface area contributed by atoms with Crippen molar-refractivity contribution in [3.05, 3.63) is 11.1 Å². The highest BCUT2D eigenvalue weighted by atomic mass is 32.1. The number of nitrogens with zero attached hydrogens (tertiary/aromatic N) is 2. The molecule has 3 nitrogen and oxygen atoms in total. The minimum Gasteiger partial charge on any atom is -0.295 e. The lowest BCUT2D eigenvalue weighted by Gasteiger charge is -2.08. The van der Waals surface area contributed by atoms with Crippen molar-refractivity contribution in [1.82, 2.24) is 9.99 Å². The van der Waals surface area contributed by atoms with Crippen molar-refractivity contribution >= 4 is 16.5 Å². The molecule has 1 rings (SSSR count). The number of rotatable bonds is 2. The fourth-order valence-electron chi connectivity index (χ4n) is 0.598. The van der Waals surface area contributed by atoms with Crippen molar-refractivity contribution in [2.24, 2.45) is 0 Å². The Balaban J connectivity index is 2.58. The minimum absolute atomic E-state index is 0.947. The second-order valence-electron chi connectivity index (χ2n) is 2.28. The van der Waals surface area contributed by atoms with Crippen molar-refractivity contribution in [2.45, 2.75) is 6.92 Å². The lowest BCUT2D eigenvalue weighted by atomic mass is 10.7. The molecule has 0 bridgehead atoms. The zero-order chi connectivity index (χ0) is 7.56. The Bertz CT molecular complexity index is 207. The van der Waals surface area contributed by atoms with Gasteiger partial charge in [0.1, 0.15) is 0 Å². The Morgan fingerprint density at radius 1 is 1.60 bits per heavy atom. The maximum atomic E-state index is 4.12. The van der Waals surface area contributed by atoms with Crippen LogP contribution in [0.5, 0.6) is 0 Å². The molecule has 0 spiro atoms. The lowest BCUT2D eigenvalue weighted by molar-refractivity contribution is 0.495. The van der Waals surface area contributed by atoms with Gasteiger partial charge in [-0.25, -0.2) is 9.99 Å². The average Bonchev–Trinajstić information content (AvgIpc) is 2.13. The zero-order valence-electron chi connectivity index (χ0n) is 6.38. The molecule has 1 aromatic heterocycles. The van der Waals surface area contributed by atoms with Crippen LogP contribution in [0.4, 0.5) is 5.13 Å². The van der Waals surface area contributed by atoms with Crippen LogP contribution in [0, 0.1) is 6.92 Å². The van der Waals surface area contributed by atoms with Gasteiger partial charge in [-0.15, -0.1) is 11.3 Å². The van der Waals surface area contributed by atoms with Crippen LogP contribution in [0.3, 0.4) is 0 Å². The average molecular weight is 157 g/mol. The van der Waals surface area contributed by atoms with E-state index in [1.165, 1.54) is 4.88 Å². The summed E-state index contributed by atoms with van der Waals surface area (Å²) in [5.74, 6) is 0. The summed E-state index contributed by atoms with van der Waals surface area (Å²) < 4.78 is 0. The Labute approximate surface area is 64.7 Å². The molecule has 1 N–H and O–H groups in total. The Morgan fingerprint density at radius 2 is 2.30 bits per heavy atom. The summed E-state index contributed by atoms with van der Waals surface area (Å²) in [6, 6.07) is 0. The van der Waals surface area contributed by atoms with Crippen molar-refractivity contribution in [3.63, 3.8) is 0 Å². The van der Waals surface area contributed by atoms with Crippen LogP contribution < -0.4 is 5.43 Å². The topological polar surface area (TPSA) is 28.2 Å². The Morgan fingerprint density at radius 3 is 2.70 bits per heavy atom. The number of nitrogens with one attached hydrogen (secondary N) is 1. The van der Waals surface area contributed by atoms with E-state index in [0.717, 1.165) is 5.13 Å². The highest BCUT2D eigenvalue weighted by Gasteiger charge is 1.96. The smallest absolute Gasteiger partial charge is 0.197 e. The first-order chi connectivity index (χ1) is 4.68. The van der Waals surface area contributed by atoms with E-state index in [0.29, 0.717) is 0 Å². The SMILES string of the molecule is Cc1cnc(NN(C)C)s1. The molecule has 10 heavy (non-hydrogen) atoms. The summed E-state index contributed by atoms with van der Waals surface area (Å²) in [5, 5.41) is 2.82. The van der Waals surface area contributed by atoms with Gasteiger partial charge in [0, 0.05) is 25.2 Å². The molecule has 0 aliphatic heterocycles. The molecule has 1 heterocycles. The quantitative estimate of drug-likeness (QED) is 0.657. The van der Waals surface area contributed by atoms with E-state index in [9.17, 15) is 0 Å². The van der Waals surface area contributed by atoms with Crippen LogP contribution in [-0.4, -0.2) is 24.1 Å². The van der Waals surface area contributed by atoms with Crippen molar-refractivity contribution in [3.8, 4) is 0 Å². The Kier molecular flexibility index (Phi) is 2.24. The van der Waals surface area contributed by atoms with Gasteiger partial charge in [0.05, 0.1) is 0 Å². The van der Waals surface area contributed by atoms with E-state index in [-0.39, 0.29) is 0 Å². The largest absolute Gasteiger partial charge is 0.295 e. The third kappa shape index (κ3) is 1.97. The maximum Gasteiger partial charge on any atom is 0.197 e. The number of hydrogen-bond acceptors (Lipinski definition) is 4. The van der Waals surface area contributed by atoms with E-state index in [1.54, 1.807) is 11.3 Å². The molecule has 0 atom stereocenters. The predicted molar refractivity (Wildman–Crippen MR) is 44.2 cm³/mol. The normalized spacial score (nSPS) is 10.4. The van der Waals surface area contributed by atoms with Crippen molar-refractivity contribution in [1.29, 1.82) is 0 Å². The minimum atomic E-state index is 0.947. The first kappa shape index (κ1) is 7.50. The fourth-order valence-corrected chi connectivity index (χ4v) is 1.34. The van der Waals surface area contributed by atoms with Crippen LogP contribution >= 0.6 is 11.3 Å². The number of thiazole rings is 1. The van der Waals surface area contributed by atoms with Crippen molar-refractivity contribution in [2.75, 3.05) is 19.5 Å². The van der Waals surface area contributed by atoms with Gasteiger partial charge in [-0.2, -0.15) is 0 Å². The van der Waals surface area contributed by atoms with Gasteiger partial charge in [0.15, 0.2) is 5.13 Å². The van der Waals surface area contributed by atoms with Gasteiger partial charge >= 0.3 is 0 Å². The fraction of sp³-hybridized carbons (Fsp3) is 0.500. The molecule has 1 aromatic rings. The van der Waals surface area contributed by atoms with Gasteiger partial charge in [-0.05, 0) is 6.92 Å². The van der Waals surface area contributed by atoms with Crippen LogP contribution in [-0.2, 0) is 0 Å². The molecular weight excluding hydrogens is 146 g/mol.